The van der Waals surface area contributed by atoms with E-state index in [2.05, 4.69) is 15.1 Å². The zero-order valence-corrected chi connectivity index (χ0v) is 13.2. The van der Waals surface area contributed by atoms with Crippen LogP contribution in [0.15, 0.2) is 0 Å². The van der Waals surface area contributed by atoms with Crippen molar-refractivity contribution in [2.45, 2.75) is 57.0 Å². The maximum Gasteiger partial charge on any atom is 0.236 e. The number of halogens is 1. The summed E-state index contributed by atoms with van der Waals surface area (Å²) in [6.07, 6.45) is 8.81. The fourth-order valence-corrected chi connectivity index (χ4v) is 3.77. The third kappa shape index (κ3) is 4.09. The lowest BCUT2D eigenvalue weighted by atomic mass is 10.1. The van der Waals surface area contributed by atoms with Gasteiger partial charge in [-0.3, -0.25) is 9.69 Å². The quantitative estimate of drug-likeness (QED) is 0.842. The van der Waals surface area contributed by atoms with Crippen molar-refractivity contribution in [1.29, 1.82) is 0 Å². The zero-order chi connectivity index (χ0) is 13.1. The van der Waals surface area contributed by atoms with E-state index in [1.165, 1.54) is 44.9 Å². The lowest BCUT2D eigenvalue weighted by Gasteiger charge is -2.27. The van der Waals surface area contributed by atoms with Crippen LogP contribution < -0.4 is 5.32 Å². The topological polar surface area (TPSA) is 35.6 Å². The van der Waals surface area contributed by atoms with E-state index in [-0.39, 0.29) is 12.4 Å². The van der Waals surface area contributed by atoms with Gasteiger partial charge >= 0.3 is 0 Å². The molecule has 116 valence electrons. The molecule has 0 saturated carbocycles. The van der Waals surface area contributed by atoms with Gasteiger partial charge in [0.15, 0.2) is 0 Å². The van der Waals surface area contributed by atoms with Gasteiger partial charge in [-0.2, -0.15) is 0 Å². The third-order valence-corrected chi connectivity index (χ3v) is 4.93. The smallest absolute Gasteiger partial charge is 0.236 e. The summed E-state index contributed by atoms with van der Waals surface area (Å²) in [6, 6.07) is 1.34. The Hall–Kier alpha value is -0.320. The number of likely N-dealkylation sites (tertiary alicyclic amines) is 2. The molecule has 2 atom stereocenters. The molecule has 0 aromatic heterocycles. The minimum absolute atomic E-state index is 0. The Morgan fingerprint density at radius 3 is 2.40 bits per heavy atom. The van der Waals surface area contributed by atoms with Gasteiger partial charge in [0, 0.05) is 38.3 Å². The third-order valence-electron chi connectivity index (χ3n) is 4.93. The van der Waals surface area contributed by atoms with Crippen LogP contribution in [0, 0.1) is 0 Å². The first-order chi connectivity index (χ1) is 9.31. The molecule has 2 unspecified atom stereocenters. The molecular weight excluding hydrogens is 274 g/mol. The second-order valence-corrected chi connectivity index (χ2v) is 6.46. The Balaban J connectivity index is 0.00000147. The number of hydrogen-bond donors (Lipinski definition) is 1. The number of carbonyl (C=O) groups is 1. The average Bonchev–Trinajstić information content (AvgIpc) is 2.61. The number of nitrogens with one attached hydrogen (secondary N) is 1. The fraction of sp³-hybridized carbons (Fsp3) is 0.933. The molecule has 1 N–H and O–H groups in total. The van der Waals surface area contributed by atoms with Crippen molar-refractivity contribution in [1.82, 2.24) is 15.1 Å². The molecule has 3 fully saturated rings. The summed E-state index contributed by atoms with van der Waals surface area (Å²) in [5, 5.41) is 3.68. The Bertz CT molecular complexity index is 318. The van der Waals surface area contributed by atoms with Crippen molar-refractivity contribution in [3.05, 3.63) is 0 Å². The second kappa shape index (κ2) is 7.62. The maximum absolute atomic E-state index is 12.4. The molecule has 3 aliphatic rings. The first-order valence-electron chi connectivity index (χ1n) is 8.07. The second-order valence-electron chi connectivity index (χ2n) is 6.46. The molecular formula is C15H28ClN3O. The number of hydrogen-bond acceptors (Lipinski definition) is 3. The molecule has 4 nitrogen and oxygen atoms in total. The maximum atomic E-state index is 12.4. The highest BCUT2D eigenvalue weighted by Gasteiger charge is 2.30. The summed E-state index contributed by atoms with van der Waals surface area (Å²) in [7, 11) is 0. The summed E-state index contributed by atoms with van der Waals surface area (Å²) in [6.45, 7) is 4.77. The number of fused-ring (bicyclic) bond motifs is 2. The van der Waals surface area contributed by atoms with Gasteiger partial charge in [-0.1, -0.05) is 12.8 Å². The number of nitrogens with zero attached hydrogens (tertiary/aromatic N) is 2. The molecule has 3 aliphatic heterocycles. The first-order valence-corrected chi connectivity index (χ1v) is 8.07. The number of amides is 1. The molecule has 5 heteroatoms. The van der Waals surface area contributed by atoms with Gasteiger partial charge in [0.1, 0.15) is 0 Å². The summed E-state index contributed by atoms with van der Waals surface area (Å²) >= 11 is 0. The Labute approximate surface area is 128 Å². The summed E-state index contributed by atoms with van der Waals surface area (Å²) in [5.74, 6) is 0.361. The molecule has 0 aromatic rings. The molecule has 0 aliphatic carbocycles. The zero-order valence-electron chi connectivity index (χ0n) is 12.4. The normalized spacial score (nSPS) is 31.3. The summed E-state index contributed by atoms with van der Waals surface area (Å²) < 4.78 is 0. The monoisotopic (exact) mass is 301 g/mol. The van der Waals surface area contributed by atoms with E-state index >= 15 is 0 Å². The molecule has 1 amide bonds. The lowest BCUT2D eigenvalue weighted by molar-refractivity contribution is -0.132. The molecule has 0 aromatic carbocycles. The summed E-state index contributed by atoms with van der Waals surface area (Å²) in [4.78, 5) is 16.9. The van der Waals surface area contributed by atoms with E-state index in [1.54, 1.807) is 0 Å². The van der Waals surface area contributed by atoms with E-state index < -0.39 is 0 Å². The molecule has 20 heavy (non-hydrogen) atoms. The van der Waals surface area contributed by atoms with E-state index in [0.717, 1.165) is 26.2 Å². The van der Waals surface area contributed by atoms with Crippen LogP contribution in [-0.4, -0.2) is 60.5 Å². The fourth-order valence-electron chi connectivity index (χ4n) is 3.77. The van der Waals surface area contributed by atoms with Crippen molar-refractivity contribution in [3.8, 4) is 0 Å². The van der Waals surface area contributed by atoms with Crippen LogP contribution in [0.5, 0.6) is 0 Å². The lowest BCUT2D eigenvalue weighted by Crippen LogP contribution is -2.43. The molecule has 3 saturated heterocycles. The molecule has 3 heterocycles. The Kier molecular flexibility index (Phi) is 6.12. The van der Waals surface area contributed by atoms with Crippen molar-refractivity contribution >= 4 is 18.3 Å². The van der Waals surface area contributed by atoms with Crippen LogP contribution in [0.2, 0.25) is 0 Å². The van der Waals surface area contributed by atoms with Crippen LogP contribution in [0.3, 0.4) is 0 Å². The van der Waals surface area contributed by atoms with E-state index in [1.807, 2.05) is 0 Å². The Morgan fingerprint density at radius 2 is 1.65 bits per heavy atom. The van der Waals surface area contributed by atoms with Crippen LogP contribution in [0.1, 0.15) is 44.9 Å². The minimum Gasteiger partial charge on any atom is -0.342 e. The van der Waals surface area contributed by atoms with Crippen LogP contribution >= 0.6 is 12.4 Å². The average molecular weight is 302 g/mol. The van der Waals surface area contributed by atoms with Crippen LogP contribution in [0.4, 0.5) is 0 Å². The van der Waals surface area contributed by atoms with E-state index in [0.29, 0.717) is 24.5 Å². The highest BCUT2D eigenvalue weighted by atomic mass is 35.5. The van der Waals surface area contributed by atoms with Gasteiger partial charge in [0.25, 0.3) is 0 Å². The highest BCUT2D eigenvalue weighted by molar-refractivity contribution is 5.85. The molecule has 2 bridgehead atoms. The number of carbonyl (C=O) groups excluding carboxylic acids is 1. The van der Waals surface area contributed by atoms with Gasteiger partial charge < -0.3 is 10.2 Å². The van der Waals surface area contributed by atoms with Gasteiger partial charge in [-0.15, -0.1) is 12.4 Å². The SMILES string of the molecule is Cl.O=C(CN1CCC2CCC(C1)N2)N1CCCCCC1. The standard InChI is InChI=1S/C15H27N3O.ClH/c19-15(18-8-3-1-2-4-9-18)12-17-10-7-13-5-6-14(11-17)16-13;/h13-14,16H,1-12H2;1H. The minimum atomic E-state index is 0. The number of rotatable bonds is 2. The van der Waals surface area contributed by atoms with Crippen LogP contribution in [0.25, 0.3) is 0 Å². The van der Waals surface area contributed by atoms with Gasteiger partial charge in [0.05, 0.1) is 6.54 Å². The van der Waals surface area contributed by atoms with Gasteiger partial charge in [0.2, 0.25) is 5.91 Å². The van der Waals surface area contributed by atoms with Crippen molar-refractivity contribution in [2.24, 2.45) is 0 Å². The van der Waals surface area contributed by atoms with Crippen molar-refractivity contribution in [3.63, 3.8) is 0 Å². The Morgan fingerprint density at radius 1 is 0.950 bits per heavy atom. The van der Waals surface area contributed by atoms with Crippen molar-refractivity contribution < 1.29 is 4.79 Å². The van der Waals surface area contributed by atoms with E-state index in [9.17, 15) is 4.79 Å². The predicted octanol–water partition coefficient (Wildman–Crippen LogP) is 1.64. The van der Waals surface area contributed by atoms with Gasteiger partial charge in [-0.05, 0) is 32.1 Å². The van der Waals surface area contributed by atoms with Crippen LogP contribution in [-0.2, 0) is 4.79 Å². The predicted molar refractivity (Wildman–Crippen MR) is 83.3 cm³/mol. The van der Waals surface area contributed by atoms with Gasteiger partial charge in [-0.25, -0.2) is 0 Å². The highest BCUT2D eigenvalue weighted by Crippen LogP contribution is 2.20. The molecule has 0 spiro atoms. The first kappa shape index (κ1) is 16.1. The van der Waals surface area contributed by atoms with E-state index in [4.69, 9.17) is 0 Å². The molecule has 0 radical (unpaired) electrons. The molecule has 3 rings (SSSR count). The largest absolute Gasteiger partial charge is 0.342 e. The summed E-state index contributed by atoms with van der Waals surface area (Å²) in [5.41, 5.74) is 0. The van der Waals surface area contributed by atoms with Crippen molar-refractivity contribution in [2.75, 3.05) is 32.7 Å².